The first-order valence-electron chi connectivity index (χ1n) is 5.78. The van der Waals surface area contributed by atoms with Gasteiger partial charge in [0.15, 0.2) is 0 Å². The minimum atomic E-state index is -1.02. The number of benzene rings is 1. The quantitative estimate of drug-likeness (QED) is 0.750. The Morgan fingerprint density at radius 1 is 1.39 bits per heavy atom. The smallest absolute Gasteiger partial charge is 0.320 e. The van der Waals surface area contributed by atoms with E-state index < -0.39 is 12.0 Å². The number of carbonyl (C=O) groups is 1. The highest BCUT2D eigenvalue weighted by molar-refractivity contribution is 5.84. The van der Waals surface area contributed by atoms with E-state index in [-0.39, 0.29) is 12.5 Å². The summed E-state index contributed by atoms with van der Waals surface area (Å²) in [6.07, 6.45) is 2.16. The molecule has 1 heterocycles. The zero-order valence-corrected chi connectivity index (χ0v) is 10.2. The number of nitrogens with zero attached hydrogens (tertiary/aromatic N) is 1. The van der Waals surface area contributed by atoms with Crippen LogP contribution >= 0.6 is 0 Å². The third kappa shape index (κ3) is 2.23. The Kier molecular flexibility index (Phi) is 3.36. The highest BCUT2D eigenvalue weighted by atomic mass is 16.4. The van der Waals surface area contributed by atoms with Gasteiger partial charge in [-0.3, -0.25) is 4.79 Å². The van der Waals surface area contributed by atoms with E-state index in [9.17, 15) is 4.79 Å². The first-order chi connectivity index (χ1) is 8.50. The number of hydrogen-bond acceptors (Lipinski definition) is 3. The molecule has 0 radical (unpaired) electrons. The van der Waals surface area contributed by atoms with E-state index in [1.54, 1.807) is 0 Å². The van der Waals surface area contributed by atoms with Gasteiger partial charge in [0, 0.05) is 30.2 Å². The summed E-state index contributed by atoms with van der Waals surface area (Å²) in [7, 11) is 1.94. The van der Waals surface area contributed by atoms with Gasteiger partial charge in [0.1, 0.15) is 6.04 Å². The van der Waals surface area contributed by atoms with Crippen molar-refractivity contribution in [2.45, 2.75) is 18.5 Å². The first kappa shape index (κ1) is 12.6. The van der Waals surface area contributed by atoms with Crippen LogP contribution in [-0.2, 0) is 11.8 Å². The molecule has 0 amide bonds. The molecule has 5 N–H and O–H groups in total. The number of nitrogens with two attached hydrogens (primary N) is 2. The van der Waals surface area contributed by atoms with Gasteiger partial charge in [-0.1, -0.05) is 18.2 Å². The van der Waals surface area contributed by atoms with Crippen LogP contribution in [0.1, 0.15) is 18.0 Å². The third-order valence-electron chi connectivity index (χ3n) is 3.15. The number of aromatic nitrogens is 1. The number of fused-ring (bicyclic) bond motifs is 1. The maximum absolute atomic E-state index is 10.7. The van der Waals surface area contributed by atoms with Crippen molar-refractivity contribution in [2.75, 3.05) is 0 Å². The summed E-state index contributed by atoms with van der Waals surface area (Å²) in [5, 5.41) is 9.86. The molecule has 18 heavy (non-hydrogen) atoms. The summed E-state index contributed by atoms with van der Waals surface area (Å²) < 4.78 is 1.98. The van der Waals surface area contributed by atoms with E-state index in [1.165, 1.54) is 0 Å². The van der Waals surface area contributed by atoms with E-state index >= 15 is 0 Å². The standard InChI is InChI=1S/C13H17N3O2/c1-16-7-9(8-4-2-3-5-12(8)16)10(14)6-11(15)13(17)18/h2-5,7,10-11H,6,14-15H2,1H3,(H,17,18). The summed E-state index contributed by atoms with van der Waals surface area (Å²) in [4.78, 5) is 10.7. The van der Waals surface area contributed by atoms with Gasteiger partial charge in [-0.05, 0) is 18.1 Å². The molecule has 0 aliphatic rings. The minimum Gasteiger partial charge on any atom is -0.480 e. The predicted molar refractivity (Wildman–Crippen MR) is 70.1 cm³/mol. The van der Waals surface area contributed by atoms with Crippen molar-refractivity contribution >= 4 is 16.9 Å². The third-order valence-corrected chi connectivity index (χ3v) is 3.15. The van der Waals surface area contributed by atoms with Crippen molar-refractivity contribution in [2.24, 2.45) is 18.5 Å². The van der Waals surface area contributed by atoms with E-state index in [0.29, 0.717) is 0 Å². The number of para-hydroxylation sites is 1. The first-order valence-corrected chi connectivity index (χ1v) is 5.78. The molecule has 2 atom stereocenters. The lowest BCUT2D eigenvalue weighted by molar-refractivity contribution is -0.138. The molecule has 5 heteroatoms. The van der Waals surface area contributed by atoms with Crippen LogP contribution in [0.3, 0.4) is 0 Å². The van der Waals surface area contributed by atoms with Crippen LogP contribution in [0.5, 0.6) is 0 Å². The summed E-state index contributed by atoms with van der Waals surface area (Å²) in [6, 6.07) is 6.58. The molecule has 5 nitrogen and oxygen atoms in total. The Balaban J connectivity index is 2.33. The van der Waals surface area contributed by atoms with Crippen LogP contribution in [0.4, 0.5) is 0 Å². The maximum Gasteiger partial charge on any atom is 0.320 e. The maximum atomic E-state index is 10.7. The van der Waals surface area contributed by atoms with Crippen LogP contribution in [0.15, 0.2) is 30.5 Å². The van der Waals surface area contributed by atoms with Gasteiger partial charge in [0.25, 0.3) is 0 Å². The Morgan fingerprint density at radius 2 is 2.06 bits per heavy atom. The highest BCUT2D eigenvalue weighted by Crippen LogP contribution is 2.26. The van der Waals surface area contributed by atoms with Crippen molar-refractivity contribution in [1.82, 2.24) is 4.57 Å². The zero-order valence-electron chi connectivity index (χ0n) is 10.2. The number of aliphatic carboxylic acids is 1. The normalized spacial score (nSPS) is 14.6. The van der Waals surface area contributed by atoms with Gasteiger partial charge < -0.3 is 21.1 Å². The highest BCUT2D eigenvalue weighted by Gasteiger charge is 2.19. The molecule has 0 fully saturated rings. The van der Waals surface area contributed by atoms with Crippen LogP contribution in [0.25, 0.3) is 10.9 Å². The average molecular weight is 247 g/mol. The fourth-order valence-corrected chi connectivity index (χ4v) is 2.17. The number of rotatable bonds is 4. The van der Waals surface area contributed by atoms with Crippen LogP contribution in [0.2, 0.25) is 0 Å². The van der Waals surface area contributed by atoms with Gasteiger partial charge in [0.05, 0.1) is 0 Å². The van der Waals surface area contributed by atoms with Crippen molar-refractivity contribution in [3.63, 3.8) is 0 Å². The molecule has 2 rings (SSSR count). The van der Waals surface area contributed by atoms with Gasteiger partial charge >= 0.3 is 5.97 Å². The summed E-state index contributed by atoms with van der Waals surface area (Å²) in [6.45, 7) is 0. The Labute approximate surface area is 105 Å². The molecule has 2 unspecified atom stereocenters. The van der Waals surface area contributed by atoms with Gasteiger partial charge in [-0.15, -0.1) is 0 Å². The predicted octanol–water partition coefficient (Wildman–Crippen LogP) is 0.980. The van der Waals surface area contributed by atoms with E-state index in [4.69, 9.17) is 16.6 Å². The lowest BCUT2D eigenvalue weighted by Gasteiger charge is -2.13. The second-order valence-electron chi connectivity index (χ2n) is 4.50. The van der Waals surface area contributed by atoms with Gasteiger partial charge in [0.2, 0.25) is 0 Å². The number of hydrogen-bond donors (Lipinski definition) is 3. The molecule has 1 aromatic heterocycles. The summed E-state index contributed by atoms with van der Waals surface area (Å²) >= 11 is 0. The number of carboxylic acids is 1. The van der Waals surface area contributed by atoms with Crippen molar-refractivity contribution < 1.29 is 9.90 Å². The molecule has 0 spiro atoms. The lowest BCUT2D eigenvalue weighted by atomic mass is 10.00. The Hall–Kier alpha value is -1.85. The van der Waals surface area contributed by atoms with Gasteiger partial charge in [-0.25, -0.2) is 0 Å². The van der Waals surface area contributed by atoms with Crippen LogP contribution in [0, 0.1) is 0 Å². The summed E-state index contributed by atoms with van der Waals surface area (Å²) in [5.41, 5.74) is 13.6. The van der Waals surface area contributed by atoms with Crippen molar-refractivity contribution in [3.05, 3.63) is 36.0 Å². The molecule has 0 aliphatic heterocycles. The molecule has 0 bridgehead atoms. The summed E-state index contributed by atoms with van der Waals surface area (Å²) in [5.74, 6) is -1.02. The van der Waals surface area contributed by atoms with Crippen molar-refractivity contribution in [3.8, 4) is 0 Å². The lowest BCUT2D eigenvalue weighted by Crippen LogP contribution is -2.33. The molecule has 2 aromatic rings. The van der Waals surface area contributed by atoms with E-state index in [1.807, 2.05) is 42.1 Å². The van der Waals surface area contributed by atoms with Crippen LogP contribution < -0.4 is 11.5 Å². The second kappa shape index (κ2) is 4.80. The molecule has 96 valence electrons. The fourth-order valence-electron chi connectivity index (χ4n) is 2.17. The molecular weight excluding hydrogens is 230 g/mol. The largest absolute Gasteiger partial charge is 0.480 e. The van der Waals surface area contributed by atoms with Gasteiger partial charge in [-0.2, -0.15) is 0 Å². The molecular formula is C13H17N3O2. The van der Waals surface area contributed by atoms with E-state index in [2.05, 4.69) is 0 Å². The zero-order chi connectivity index (χ0) is 13.3. The van der Waals surface area contributed by atoms with Crippen molar-refractivity contribution in [1.29, 1.82) is 0 Å². The fraction of sp³-hybridized carbons (Fsp3) is 0.308. The topological polar surface area (TPSA) is 94.3 Å². The molecule has 0 saturated carbocycles. The minimum absolute atomic E-state index is 0.226. The van der Waals surface area contributed by atoms with Crippen LogP contribution in [-0.4, -0.2) is 21.7 Å². The molecule has 1 aromatic carbocycles. The second-order valence-corrected chi connectivity index (χ2v) is 4.50. The number of carboxylic acid groups (broad SMARTS) is 1. The SMILES string of the molecule is Cn1cc(C(N)CC(N)C(=O)O)c2ccccc21. The molecule has 0 saturated heterocycles. The average Bonchev–Trinajstić information content (AvgIpc) is 2.67. The Bertz CT molecular complexity index is 577. The Morgan fingerprint density at radius 3 is 2.72 bits per heavy atom. The monoisotopic (exact) mass is 247 g/mol. The van der Waals surface area contributed by atoms with E-state index in [0.717, 1.165) is 16.5 Å². The number of aryl methyl sites for hydroxylation is 1. The molecule has 0 aliphatic carbocycles.